The third kappa shape index (κ3) is 5.16. The fraction of sp³-hybridized carbons (Fsp3) is 0. The van der Waals surface area contributed by atoms with Crippen LogP contribution in [0.25, 0.3) is 80.7 Å². The molecule has 55 heavy (non-hydrogen) atoms. The van der Waals surface area contributed by atoms with Gasteiger partial charge < -0.3 is 9.47 Å². The molecular formula is C52H34N2S. The third-order valence-corrected chi connectivity index (χ3v) is 12.1. The molecule has 0 aliphatic carbocycles. The molecule has 0 fully saturated rings. The van der Waals surface area contributed by atoms with E-state index in [0.717, 1.165) is 22.7 Å². The van der Waals surface area contributed by atoms with Gasteiger partial charge in [0.05, 0.1) is 16.7 Å². The summed E-state index contributed by atoms with van der Waals surface area (Å²) in [7, 11) is 0. The average molecular weight is 719 g/mol. The topological polar surface area (TPSA) is 8.17 Å². The van der Waals surface area contributed by atoms with Crippen molar-refractivity contribution in [3.8, 4) is 27.9 Å². The van der Waals surface area contributed by atoms with E-state index in [2.05, 4.69) is 216 Å². The number of aromatic nitrogens is 1. The largest absolute Gasteiger partial charge is 0.308 e. The molecule has 0 bridgehead atoms. The van der Waals surface area contributed by atoms with Gasteiger partial charge in [0.2, 0.25) is 0 Å². The van der Waals surface area contributed by atoms with Crippen LogP contribution in [0, 0.1) is 0 Å². The van der Waals surface area contributed by atoms with Crippen LogP contribution in [0.15, 0.2) is 206 Å². The second kappa shape index (κ2) is 12.9. The normalized spacial score (nSPS) is 11.6. The fourth-order valence-electron chi connectivity index (χ4n) is 8.50. The van der Waals surface area contributed by atoms with Gasteiger partial charge in [-0.15, -0.1) is 11.3 Å². The van der Waals surface area contributed by atoms with Gasteiger partial charge in [-0.25, -0.2) is 0 Å². The number of fused-ring (bicyclic) bond motifs is 7. The van der Waals surface area contributed by atoms with Gasteiger partial charge in [0, 0.05) is 53.6 Å². The van der Waals surface area contributed by atoms with Crippen molar-refractivity contribution in [2.75, 3.05) is 4.90 Å². The van der Waals surface area contributed by atoms with E-state index in [1.54, 1.807) is 0 Å². The molecule has 2 nitrogen and oxygen atoms in total. The molecule has 0 amide bonds. The zero-order chi connectivity index (χ0) is 36.3. The van der Waals surface area contributed by atoms with Gasteiger partial charge in [-0.1, -0.05) is 146 Å². The Bertz CT molecular complexity index is 3190. The molecule has 0 saturated heterocycles. The molecule has 11 aromatic rings. The van der Waals surface area contributed by atoms with E-state index < -0.39 is 0 Å². The molecule has 9 aromatic carbocycles. The number of para-hydroxylation sites is 3. The Morgan fingerprint density at radius 3 is 1.89 bits per heavy atom. The molecule has 0 spiro atoms. The Labute approximate surface area is 323 Å². The monoisotopic (exact) mass is 718 g/mol. The minimum absolute atomic E-state index is 1.10. The van der Waals surface area contributed by atoms with Gasteiger partial charge in [0.1, 0.15) is 0 Å². The second-order valence-electron chi connectivity index (χ2n) is 14.1. The molecule has 2 heterocycles. The molecule has 3 heteroatoms. The summed E-state index contributed by atoms with van der Waals surface area (Å²) in [5.74, 6) is 0. The van der Waals surface area contributed by atoms with E-state index in [0.29, 0.717) is 0 Å². The molecule has 0 N–H and O–H groups in total. The van der Waals surface area contributed by atoms with Crippen LogP contribution in [0.3, 0.4) is 0 Å². The molecule has 0 saturated carbocycles. The van der Waals surface area contributed by atoms with E-state index in [1.165, 1.54) is 75.0 Å². The Kier molecular flexibility index (Phi) is 7.39. The minimum Gasteiger partial charge on any atom is -0.308 e. The van der Waals surface area contributed by atoms with Gasteiger partial charge in [-0.3, -0.25) is 0 Å². The highest BCUT2D eigenvalue weighted by Gasteiger charge is 2.22. The van der Waals surface area contributed by atoms with Crippen LogP contribution in [0.1, 0.15) is 0 Å². The van der Waals surface area contributed by atoms with Crippen LogP contribution in [0.2, 0.25) is 0 Å². The van der Waals surface area contributed by atoms with Gasteiger partial charge >= 0.3 is 0 Å². The Hall–Kier alpha value is -6.94. The van der Waals surface area contributed by atoms with Crippen LogP contribution in [0.4, 0.5) is 17.1 Å². The first kappa shape index (κ1) is 31.6. The zero-order valence-corrected chi connectivity index (χ0v) is 30.7. The third-order valence-electron chi connectivity index (χ3n) is 10.9. The molecule has 0 aliphatic rings. The SMILES string of the molecule is c1ccc(-c2cccc(N(c3ccc(-c4c5ccccc5cc5c4sc4ccccc45)cc3)c3cccc4c5ccccc5n(-c5ccccc5)c34)c2)cc1. The van der Waals surface area contributed by atoms with E-state index >= 15 is 0 Å². The minimum atomic E-state index is 1.10. The van der Waals surface area contributed by atoms with Gasteiger partial charge in [0.15, 0.2) is 0 Å². The number of hydrogen-bond acceptors (Lipinski definition) is 2. The number of benzene rings is 9. The molecule has 0 unspecified atom stereocenters. The number of nitrogens with zero attached hydrogens (tertiary/aromatic N) is 2. The summed E-state index contributed by atoms with van der Waals surface area (Å²) in [6.45, 7) is 0. The smallest absolute Gasteiger partial charge is 0.0782 e. The van der Waals surface area contributed by atoms with E-state index in [-0.39, 0.29) is 0 Å². The van der Waals surface area contributed by atoms with E-state index in [9.17, 15) is 0 Å². The highest BCUT2D eigenvalue weighted by molar-refractivity contribution is 7.26. The number of hydrogen-bond donors (Lipinski definition) is 0. The van der Waals surface area contributed by atoms with Crippen molar-refractivity contribution < 1.29 is 0 Å². The lowest BCUT2D eigenvalue weighted by atomic mass is 9.95. The maximum Gasteiger partial charge on any atom is 0.0782 e. The summed E-state index contributed by atoms with van der Waals surface area (Å²) < 4.78 is 5.07. The molecule has 11 rings (SSSR count). The lowest BCUT2D eigenvalue weighted by molar-refractivity contribution is 1.17. The highest BCUT2D eigenvalue weighted by Crippen LogP contribution is 2.47. The number of thiophene rings is 1. The Balaban J connectivity index is 1.16. The standard InChI is InChI=1S/C52H34N2S/c1-3-15-35(16-4-1)37-18-13-21-41(33-37)53(48-27-14-25-45-43-23-9-11-26-47(43)54(51(45)48)39-19-5-2-6-20-39)40-31-29-36(30-32-40)50-42-22-8-7-17-38(42)34-46-44-24-10-12-28-49(44)55-52(46)50/h1-34H. The van der Waals surface area contributed by atoms with Crippen molar-refractivity contribution >= 4 is 81.1 Å². The second-order valence-corrected chi connectivity index (χ2v) is 15.2. The Morgan fingerprint density at radius 1 is 0.400 bits per heavy atom. The molecule has 0 radical (unpaired) electrons. The van der Waals surface area contributed by atoms with Crippen LogP contribution in [0.5, 0.6) is 0 Å². The average Bonchev–Trinajstić information content (AvgIpc) is 3.80. The van der Waals surface area contributed by atoms with Gasteiger partial charge in [-0.05, 0) is 88.1 Å². The molecule has 2 aromatic heterocycles. The van der Waals surface area contributed by atoms with E-state index in [1.807, 2.05) is 11.3 Å². The summed E-state index contributed by atoms with van der Waals surface area (Å²) in [4.78, 5) is 2.44. The first-order valence-electron chi connectivity index (χ1n) is 18.8. The molecule has 0 atom stereocenters. The summed E-state index contributed by atoms with van der Waals surface area (Å²) in [6, 6.07) is 75.1. The quantitative estimate of drug-likeness (QED) is 0.166. The molecule has 258 valence electrons. The van der Waals surface area contributed by atoms with Crippen LogP contribution in [-0.2, 0) is 0 Å². The summed E-state index contributed by atoms with van der Waals surface area (Å²) in [6.07, 6.45) is 0. The lowest BCUT2D eigenvalue weighted by Gasteiger charge is -2.28. The first-order chi connectivity index (χ1) is 27.3. The highest BCUT2D eigenvalue weighted by atomic mass is 32.1. The number of anilines is 3. The fourth-order valence-corrected chi connectivity index (χ4v) is 9.76. The maximum absolute atomic E-state index is 2.44. The van der Waals surface area contributed by atoms with Gasteiger partial charge in [0.25, 0.3) is 0 Å². The first-order valence-corrected chi connectivity index (χ1v) is 19.6. The lowest BCUT2D eigenvalue weighted by Crippen LogP contribution is -2.11. The van der Waals surface area contributed by atoms with Crippen LogP contribution < -0.4 is 4.90 Å². The summed E-state index contributed by atoms with van der Waals surface area (Å²) in [5.41, 5.74) is 11.7. The van der Waals surface area contributed by atoms with Crippen molar-refractivity contribution in [1.29, 1.82) is 0 Å². The van der Waals surface area contributed by atoms with Crippen molar-refractivity contribution in [1.82, 2.24) is 4.57 Å². The van der Waals surface area contributed by atoms with Crippen molar-refractivity contribution in [2.45, 2.75) is 0 Å². The zero-order valence-electron chi connectivity index (χ0n) is 29.9. The molecule has 0 aliphatic heterocycles. The van der Waals surface area contributed by atoms with Crippen molar-refractivity contribution in [3.05, 3.63) is 206 Å². The Morgan fingerprint density at radius 2 is 1.05 bits per heavy atom. The van der Waals surface area contributed by atoms with Gasteiger partial charge in [-0.2, -0.15) is 0 Å². The summed E-state index contributed by atoms with van der Waals surface area (Å²) in [5, 5.41) is 7.63. The van der Waals surface area contributed by atoms with Crippen molar-refractivity contribution in [3.63, 3.8) is 0 Å². The maximum atomic E-state index is 2.44. The molecular weight excluding hydrogens is 685 g/mol. The predicted molar refractivity (Wildman–Crippen MR) is 237 cm³/mol. The van der Waals surface area contributed by atoms with Crippen LogP contribution >= 0.6 is 11.3 Å². The van der Waals surface area contributed by atoms with E-state index in [4.69, 9.17) is 0 Å². The predicted octanol–water partition coefficient (Wildman–Crippen LogP) is 15.1. The van der Waals surface area contributed by atoms with Crippen molar-refractivity contribution in [2.24, 2.45) is 0 Å². The number of rotatable bonds is 6. The van der Waals surface area contributed by atoms with Crippen LogP contribution in [-0.4, -0.2) is 4.57 Å². The summed E-state index contributed by atoms with van der Waals surface area (Å²) >= 11 is 1.89.